The number of nitrogens with one attached hydrogen (secondary N) is 1. The molecule has 7 nitrogen and oxygen atoms in total. The zero-order chi connectivity index (χ0) is 12.0. The van der Waals surface area contributed by atoms with Gasteiger partial charge in [0, 0.05) is 0 Å². The Morgan fingerprint density at radius 3 is 2.20 bits per heavy atom. The van der Waals surface area contributed by atoms with Crippen LogP contribution in [-0.4, -0.2) is 40.1 Å². The number of carbonyl (C=O) groups is 3. The standard InChI is InChI=1S/C8H14N2O5/c1-2-4(9)7(13)10-5(8(14)15)3-6(11)12/h4-5H,2-3,9H2,1H3,(H,10,13)(H,11,12)(H,14,15)/t4-,5+/m0/s1. The quantitative estimate of drug-likeness (QED) is 0.441. The van der Waals surface area contributed by atoms with Gasteiger partial charge in [-0.05, 0) is 6.42 Å². The SMILES string of the molecule is CC[C@H](N)C(=O)N[C@H](CC(=O)O)C(=O)O. The van der Waals surface area contributed by atoms with E-state index in [1.807, 2.05) is 0 Å². The van der Waals surface area contributed by atoms with Gasteiger partial charge in [-0.2, -0.15) is 0 Å². The summed E-state index contributed by atoms with van der Waals surface area (Å²) in [5.41, 5.74) is 5.34. The van der Waals surface area contributed by atoms with E-state index in [2.05, 4.69) is 5.32 Å². The Kier molecular flexibility index (Phi) is 5.32. The van der Waals surface area contributed by atoms with Crippen molar-refractivity contribution in [2.75, 3.05) is 0 Å². The van der Waals surface area contributed by atoms with Crippen LogP contribution in [0.25, 0.3) is 0 Å². The fourth-order valence-corrected chi connectivity index (χ4v) is 0.839. The van der Waals surface area contributed by atoms with Crippen LogP contribution in [0.15, 0.2) is 0 Å². The van der Waals surface area contributed by atoms with E-state index in [1.165, 1.54) is 0 Å². The molecule has 0 rings (SSSR count). The van der Waals surface area contributed by atoms with E-state index in [4.69, 9.17) is 15.9 Å². The molecule has 0 aliphatic carbocycles. The second kappa shape index (κ2) is 5.97. The first-order valence-corrected chi connectivity index (χ1v) is 4.39. The number of carboxylic acid groups (broad SMARTS) is 2. The van der Waals surface area contributed by atoms with Gasteiger partial charge in [0.1, 0.15) is 6.04 Å². The smallest absolute Gasteiger partial charge is 0.326 e. The number of nitrogens with two attached hydrogens (primary N) is 1. The second-order valence-corrected chi connectivity index (χ2v) is 3.01. The van der Waals surface area contributed by atoms with Crippen molar-refractivity contribution < 1.29 is 24.6 Å². The van der Waals surface area contributed by atoms with Crippen molar-refractivity contribution in [3.63, 3.8) is 0 Å². The molecule has 0 saturated carbocycles. The molecule has 15 heavy (non-hydrogen) atoms. The number of aliphatic carboxylic acids is 2. The first-order valence-electron chi connectivity index (χ1n) is 4.39. The van der Waals surface area contributed by atoms with E-state index in [0.717, 1.165) is 0 Å². The molecule has 86 valence electrons. The molecule has 0 aliphatic heterocycles. The van der Waals surface area contributed by atoms with Crippen LogP contribution in [0.3, 0.4) is 0 Å². The van der Waals surface area contributed by atoms with Gasteiger partial charge in [0.2, 0.25) is 5.91 Å². The van der Waals surface area contributed by atoms with Crippen LogP contribution in [0.5, 0.6) is 0 Å². The van der Waals surface area contributed by atoms with Gasteiger partial charge in [0.25, 0.3) is 0 Å². The van der Waals surface area contributed by atoms with Gasteiger partial charge in [-0.15, -0.1) is 0 Å². The maximum atomic E-state index is 11.2. The summed E-state index contributed by atoms with van der Waals surface area (Å²) in [7, 11) is 0. The lowest BCUT2D eigenvalue weighted by Gasteiger charge is -2.15. The van der Waals surface area contributed by atoms with Gasteiger partial charge in [-0.25, -0.2) is 4.79 Å². The van der Waals surface area contributed by atoms with Crippen LogP contribution < -0.4 is 11.1 Å². The number of hydrogen-bond acceptors (Lipinski definition) is 4. The zero-order valence-corrected chi connectivity index (χ0v) is 8.27. The minimum atomic E-state index is -1.44. The lowest BCUT2D eigenvalue weighted by molar-refractivity contribution is -0.147. The molecular weight excluding hydrogens is 204 g/mol. The Bertz CT molecular complexity index is 266. The lowest BCUT2D eigenvalue weighted by Crippen LogP contribution is -2.48. The highest BCUT2D eigenvalue weighted by molar-refractivity contribution is 5.88. The first kappa shape index (κ1) is 13.4. The molecule has 5 N–H and O–H groups in total. The van der Waals surface area contributed by atoms with Crippen LogP contribution in [-0.2, 0) is 14.4 Å². The summed E-state index contributed by atoms with van der Waals surface area (Å²) in [6.07, 6.45) is -0.317. The molecule has 0 unspecified atom stereocenters. The molecule has 0 heterocycles. The van der Waals surface area contributed by atoms with Crippen molar-refractivity contribution in [3.05, 3.63) is 0 Å². The van der Waals surface area contributed by atoms with E-state index in [9.17, 15) is 14.4 Å². The van der Waals surface area contributed by atoms with Crippen molar-refractivity contribution in [2.24, 2.45) is 5.73 Å². The molecular formula is C8H14N2O5. The van der Waals surface area contributed by atoms with E-state index in [-0.39, 0.29) is 0 Å². The van der Waals surface area contributed by atoms with E-state index >= 15 is 0 Å². The fourth-order valence-electron chi connectivity index (χ4n) is 0.839. The minimum Gasteiger partial charge on any atom is -0.481 e. The molecule has 0 aliphatic rings. The summed E-state index contributed by atoms with van der Waals surface area (Å²) in [6.45, 7) is 1.66. The average molecular weight is 218 g/mol. The second-order valence-electron chi connectivity index (χ2n) is 3.01. The van der Waals surface area contributed by atoms with E-state index in [0.29, 0.717) is 6.42 Å². The third-order valence-corrected chi connectivity index (χ3v) is 1.77. The van der Waals surface area contributed by atoms with Crippen molar-refractivity contribution in [1.82, 2.24) is 5.32 Å². The number of hydrogen-bond donors (Lipinski definition) is 4. The summed E-state index contributed by atoms with van der Waals surface area (Å²) < 4.78 is 0. The summed E-state index contributed by atoms with van der Waals surface area (Å²) in [4.78, 5) is 32.0. The van der Waals surface area contributed by atoms with Crippen LogP contribution in [0.1, 0.15) is 19.8 Å². The molecule has 7 heteroatoms. The molecule has 1 amide bonds. The third-order valence-electron chi connectivity index (χ3n) is 1.77. The van der Waals surface area contributed by atoms with Crippen molar-refractivity contribution in [1.29, 1.82) is 0 Å². The Morgan fingerprint density at radius 2 is 1.87 bits per heavy atom. The van der Waals surface area contributed by atoms with Gasteiger partial charge in [0.05, 0.1) is 12.5 Å². The number of amides is 1. The highest BCUT2D eigenvalue weighted by atomic mass is 16.4. The van der Waals surface area contributed by atoms with Gasteiger partial charge in [-0.1, -0.05) is 6.92 Å². The lowest BCUT2D eigenvalue weighted by atomic mass is 10.1. The molecule has 0 aromatic heterocycles. The molecule has 0 bridgehead atoms. The maximum absolute atomic E-state index is 11.2. The monoisotopic (exact) mass is 218 g/mol. The van der Waals surface area contributed by atoms with Crippen molar-refractivity contribution >= 4 is 17.8 Å². The Hall–Kier alpha value is -1.63. The first-order chi connectivity index (χ1) is 6.88. The van der Waals surface area contributed by atoms with Crippen molar-refractivity contribution in [3.8, 4) is 0 Å². The number of rotatable bonds is 6. The molecule has 0 radical (unpaired) electrons. The molecule has 0 aromatic rings. The average Bonchev–Trinajstić information content (AvgIpc) is 2.14. The molecule has 0 aromatic carbocycles. The summed E-state index contributed by atoms with van der Waals surface area (Å²) in [6, 6.07) is -2.26. The van der Waals surface area contributed by atoms with Gasteiger partial charge >= 0.3 is 11.9 Å². The topological polar surface area (TPSA) is 130 Å². The Balaban J connectivity index is 4.35. The zero-order valence-electron chi connectivity index (χ0n) is 8.27. The highest BCUT2D eigenvalue weighted by Gasteiger charge is 2.24. The van der Waals surface area contributed by atoms with E-state index < -0.39 is 36.4 Å². The summed E-state index contributed by atoms with van der Waals surface area (Å²) >= 11 is 0. The van der Waals surface area contributed by atoms with Crippen molar-refractivity contribution in [2.45, 2.75) is 31.8 Å². The summed E-state index contributed by atoms with van der Waals surface area (Å²) in [5, 5.41) is 19.1. The normalized spacial score (nSPS) is 14.0. The van der Waals surface area contributed by atoms with Gasteiger partial charge in [0.15, 0.2) is 0 Å². The largest absolute Gasteiger partial charge is 0.481 e. The fraction of sp³-hybridized carbons (Fsp3) is 0.625. The Labute approximate surface area is 86.3 Å². The van der Waals surface area contributed by atoms with Crippen LogP contribution >= 0.6 is 0 Å². The number of carbonyl (C=O) groups excluding carboxylic acids is 1. The highest BCUT2D eigenvalue weighted by Crippen LogP contribution is 1.95. The van der Waals surface area contributed by atoms with E-state index in [1.54, 1.807) is 6.92 Å². The predicted molar refractivity (Wildman–Crippen MR) is 50.1 cm³/mol. The third kappa shape index (κ3) is 4.96. The van der Waals surface area contributed by atoms with Crippen LogP contribution in [0.2, 0.25) is 0 Å². The summed E-state index contributed by atoms with van der Waals surface area (Å²) in [5.74, 6) is -3.35. The minimum absolute atomic E-state index is 0.352. The van der Waals surface area contributed by atoms with Crippen LogP contribution in [0, 0.1) is 0 Å². The number of carboxylic acids is 2. The molecule has 0 saturated heterocycles. The van der Waals surface area contributed by atoms with Gasteiger partial charge in [-0.3, -0.25) is 9.59 Å². The maximum Gasteiger partial charge on any atom is 0.326 e. The van der Waals surface area contributed by atoms with Gasteiger partial charge < -0.3 is 21.3 Å². The predicted octanol–water partition coefficient (Wildman–Crippen LogP) is -1.23. The Morgan fingerprint density at radius 1 is 1.33 bits per heavy atom. The molecule has 0 fully saturated rings. The van der Waals surface area contributed by atoms with Crippen LogP contribution in [0.4, 0.5) is 0 Å². The molecule has 0 spiro atoms. The molecule has 2 atom stereocenters.